The lowest BCUT2D eigenvalue weighted by Crippen LogP contribution is -1.85. The van der Waals surface area contributed by atoms with Crippen molar-refractivity contribution in [1.29, 1.82) is 5.26 Å². The summed E-state index contributed by atoms with van der Waals surface area (Å²) in [5, 5.41) is 9.84. The minimum absolute atomic E-state index is 0.522. The molecule has 0 spiro atoms. The molecule has 1 aromatic heterocycles. The molecule has 0 saturated carbocycles. The zero-order valence-electron chi connectivity index (χ0n) is 8.33. The minimum atomic E-state index is 0.522. The van der Waals surface area contributed by atoms with Crippen LogP contribution in [0.4, 0.5) is 0 Å². The molecule has 0 amide bonds. The number of nitrogens with one attached hydrogen (secondary N) is 1. The Labute approximate surface area is 83.2 Å². The number of hydrogen-bond donors (Lipinski definition) is 1. The van der Waals surface area contributed by atoms with Gasteiger partial charge < -0.3 is 4.98 Å². The lowest BCUT2D eigenvalue weighted by atomic mass is 10.0. The molecule has 1 N–H and O–H groups in total. The maximum Gasteiger partial charge on any atom is 0.118 e. The van der Waals surface area contributed by atoms with E-state index in [9.17, 15) is 0 Å². The molecule has 0 radical (unpaired) electrons. The number of aromatic nitrogens is 1. The van der Waals surface area contributed by atoms with E-state index in [0.717, 1.165) is 10.9 Å². The van der Waals surface area contributed by atoms with Crippen LogP contribution in [0.3, 0.4) is 0 Å². The Hall–Kier alpha value is -1.75. The van der Waals surface area contributed by atoms with E-state index < -0.39 is 0 Å². The van der Waals surface area contributed by atoms with Gasteiger partial charge in [0.15, 0.2) is 0 Å². The topological polar surface area (TPSA) is 39.6 Å². The first kappa shape index (κ1) is 8.83. The van der Waals surface area contributed by atoms with Crippen molar-refractivity contribution in [1.82, 2.24) is 4.98 Å². The summed E-state index contributed by atoms with van der Waals surface area (Å²) < 4.78 is 0. The minimum Gasteiger partial charge on any atom is -0.346 e. The summed E-state index contributed by atoms with van der Waals surface area (Å²) in [6, 6.07) is 10.3. The summed E-state index contributed by atoms with van der Waals surface area (Å²) in [4.78, 5) is 3.08. The zero-order valence-corrected chi connectivity index (χ0v) is 8.33. The molecule has 0 fully saturated rings. The smallest absolute Gasteiger partial charge is 0.118 e. The van der Waals surface area contributed by atoms with Gasteiger partial charge in [-0.3, -0.25) is 0 Å². The van der Waals surface area contributed by atoms with E-state index in [1.54, 1.807) is 0 Å². The van der Waals surface area contributed by atoms with Crippen molar-refractivity contribution in [2.45, 2.75) is 19.8 Å². The summed E-state index contributed by atoms with van der Waals surface area (Å²) in [7, 11) is 0. The fourth-order valence-corrected chi connectivity index (χ4v) is 1.56. The molecule has 0 atom stereocenters. The first-order valence-corrected chi connectivity index (χ1v) is 4.73. The van der Waals surface area contributed by atoms with E-state index in [-0.39, 0.29) is 0 Å². The van der Waals surface area contributed by atoms with E-state index in [2.05, 4.69) is 43.1 Å². The first-order chi connectivity index (χ1) is 6.70. The number of benzene rings is 1. The van der Waals surface area contributed by atoms with Crippen molar-refractivity contribution in [3.05, 3.63) is 35.5 Å². The van der Waals surface area contributed by atoms with Gasteiger partial charge in [0.2, 0.25) is 0 Å². The van der Waals surface area contributed by atoms with Gasteiger partial charge in [0.05, 0.1) is 0 Å². The Kier molecular flexibility index (Phi) is 2.01. The lowest BCUT2D eigenvalue weighted by Gasteiger charge is -2.03. The van der Waals surface area contributed by atoms with Crippen molar-refractivity contribution in [2.75, 3.05) is 0 Å². The predicted octanol–water partition coefficient (Wildman–Crippen LogP) is 3.16. The molecule has 2 aromatic rings. The van der Waals surface area contributed by atoms with Gasteiger partial charge in [-0.05, 0) is 23.6 Å². The highest BCUT2D eigenvalue weighted by Crippen LogP contribution is 2.21. The highest BCUT2D eigenvalue weighted by Gasteiger charge is 2.03. The van der Waals surface area contributed by atoms with Crippen LogP contribution in [-0.4, -0.2) is 4.98 Å². The van der Waals surface area contributed by atoms with Crippen LogP contribution in [0.2, 0.25) is 0 Å². The normalized spacial score (nSPS) is 10.7. The van der Waals surface area contributed by atoms with Gasteiger partial charge in [-0.2, -0.15) is 5.26 Å². The standard InChI is InChI=1S/C12H12N2/c1-8(2)9-3-4-10-5-11(7-13)14-12(10)6-9/h3-6,8,14H,1-2H3. The molecular weight excluding hydrogens is 172 g/mol. The second-order valence-electron chi connectivity index (χ2n) is 3.80. The van der Waals surface area contributed by atoms with Crippen molar-refractivity contribution < 1.29 is 0 Å². The van der Waals surface area contributed by atoms with Gasteiger partial charge >= 0.3 is 0 Å². The molecule has 0 aliphatic carbocycles. The summed E-state index contributed by atoms with van der Waals surface area (Å²) in [5.41, 5.74) is 2.97. The Morgan fingerprint density at radius 2 is 2.07 bits per heavy atom. The summed E-state index contributed by atoms with van der Waals surface area (Å²) in [5.74, 6) is 0.522. The maximum atomic E-state index is 8.74. The average Bonchev–Trinajstić information content (AvgIpc) is 2.58. The first-order valence-electron chi connectivity index (χ1n) is 4.73. The Bertz CT molecular complexity index is 501. The number of rotatable bonds is 1. The molecular formula is C12H12N2. The number of H-pyrrole nitrogens is 1. The third-order valence-electron chi connectivity index (χ3n) is 2.43. The van der Waals surface area contributed by atoms with Gasteiger partial charge in [-0.1, -0.05) is 26.0 Å². The van der Waals surface area contributed by atoms with Crippen molar-refractivity contribution in [3.8, 4) is 6.07 Å². The second kappa shape index (κ2) is 3.19. The van der Waals surface area contributed by atoms with Crippen LogP contribution >= 0.6 is 0 Å². The number of nitrogens with zero attached hydrogens (tertiary/aromatic N) is 1. The van der Waals surface area contributed by atoms with Crippen LogP contribution in [0.15, 0.2) is 24.3 Å². The van der Waals surface area contributed by atoms with Gasteiger partial charge in [0, 0.05) is 10.9 Å². The van der Waals surface area contributed by atoms with Gasteiger partial charge in [-0.25, -0.2) is 0 Å². The SMILES string of the molecule is CC(C)c1ccc2cc(C#N)[nH]c2c1. The van der Waals surface area contributed by atoms with Crippen molar-refractivity contribution >= 4 is 10.9 Å². The van der Waals surface area contributed by atoms with E-state index in [0.29, 0.717) is 11.6 Å². The Balaban J connectivity index is 2.61. The fraction of sp³-hybridized carbons (Fsp3) is 0.250. The summed E-state index contributed by atoms with van der Waals surface area (Å²) in [6.45, 7) is 4.32. The van der Waals surface area contributed by atoms with Gasteiger partial charge in [0.25, 0.3) is 0 Å². The Morgan fingerprint density at radius 3 is 2.71 bits per heavy atom. The van der Waals surface area contributed by atoms with E-state index in [1.165, 1.54) is 5.56 Å². The molecule has 0 aliphatic rings. The molecule has 1 aromatic carbocycles. The van der Waals surface area contributed by atoms with E-state index in [1.807, 2.05) is 6.07 Å². The molecule has 2 heteroatoms. The van der Waals surface area contributed by atoms with Gasteiger partial charge in [0.1, 0.15) is 11.8 Å². The van der Waals surface area contributed by atoms with E-state index in [4.69, 9.17) is 5.26 Å². The van der Waals surface area contributed by atoms with Crippen molar-refractivity contribution in [3.63, 3.8) is 0 Å². The average molecular weight is 184 g/mol. The quantitative estimate of drug-likeness (QED) is 0.726. The van der Waals surface area contributed by atoms with Crippen LogP contribution in [0, 0.1) is 11.3 Å². The third-order valence-corrected chi connectivity index (χ3v) is 2.43. The number of nitriles is 1. The molecule has 14 heavy (non-hydrogen) atoms. The highest BCUT2D eigenvalue weighted by atomic mass is 14.7. The second-order valence-corrected chi connectivity index (χ2v) is 3.80. The molecule has 1 heterocycles. The monoisotopic (exact) mass is 184 g/mol. The number of aromatic amines is 1. The summed E-state index contributed by atoms with van der Waals surface area (Å²) in [6.07, 6.45) is 0. The van der Waals surface area contributed by atoms with Crippen LogP contribution in [0.1, 0.15) is 31.0 Å². The third kappa shape index (κ3) is 1.38. The number of fused-ring (bicyclic) bond motifs is 1. The molecule has 2 rings (SSSR count). The van der Waals surface area contributed by atoms with Crippen LogP contribution in [0.25, 0.3) is 10.9 Å². The number of hydrogen-bond acceptors (Lipinski definition) is 1. The maximum absolute atomic E-state index is 8.74. The zero-order chi connectivity index (χ0) is 10.1. The van der Waals surface area contributed by atoms with Crippen molar-refractivity contribution in [2.24, 2.45) is 0 Å². The fourth-order valence-electron chi connectivity index (χ4n) is 1.56. The molecule has 0 bridgehead atoms. The Morgan fingerprint density at radius 1 is 1.29 bits per heavy atom. The van der Waals surface area contributed by atoms with Crippen LogP contribution in [0.5, 0.6) is 0 Å². The van der Waals surface area contributed by atoms with Crippen LogP contribution in [-0.2, 0) is 0 Å². The van der Waals surface area contributed by atoms with Gasteiger partial charge in [-0.15, -0.1) is 0 Å². The molecule has 0 unspecified atom stereocenters. The lowest BCUT2D eigenvalue weighted by molar-refractivity contribution is 0.868. The molecule has 0 aliphatic heterocycles. The predicted molar refractivity (Wildman–Crippen MR) is 57.1 cm³/mol. The molecule has 0 saturated heterocycles. The summed E-state index contributed by atoms with van der Waals surface area (Å²) >= 11 is 0. The molecule has 70 valence electrons. The van der Waals surface area contributed by atoms with E-state index >= 15 is 0 Å². The molecule has 2 nitrogen and oxygen atoms in total. The van der Waals surface area contributed by atoms with Crippen LogP contribution < -0.4 is 0 Å². The largest absolute Gasteiger partial charge is 0.346 e. The highest BCUT2D eigenvalue weighted by molar-refractivity contribution is 5.82.